The molecule has 1 aromatic heterocycles. The van der Waals surface area contributed by atoms with E-state index in [2.05, 4.69) is 55.8 Å². The zero-order valence-electron chi connectivity index (χ0n) is 11.4. The van der Waals surface area contributed by atoms with Gasteiger partial charge in [0, 0.05) is 5.54 Å². The van der Waals surface area contributed by atoms with Crippen LogP contribution < -0.4 is 5.73 Å². The maximum absolute atomic E-state index is 6.53. The molecule has 1 nitrogen and oxygen atoms in total. The number of thiophene rings is 1. The molecular formula is C16H21NS. The second-order valence-corrected chi connectivity index (χ2v) is 6.15. The quantitative estimate of drug-likeness (QED) is 0.876. The molecule has 1 atom stereocenters. The number of nitrogens with two attached hydrogens (primary N) is 1. The van der Waals surface area contributed by atoms with Gasteiger partial charge in [-0.3, -0.25) is 0 Å². The lowest BCUT2D eigenvalue weighted by Crippen LogP contribution is -2.34. The first-order valence-electron chi connectivity index (χ1n) is 6.37. The molecule has 0 saturated heterocycles. The summed E-state index contributed by atoms with van der Waals surface area (Å²) in [6.07, 6.45) is 2.03. The van der Waals surface area contributed by atoms with E-state index in [0.717, 1.165) is 12.8 Å². The van der Waals surface area contributed by atoms with E-state index in [-0.39, 0.29) is 5.54 Å². The zero-order chi connectivity index (χ0) is 13.2. The Morgan fingerprint density at radius 3 is 2.67 bits per heavy atom. The smallest absolute Gasteiger partial charge is 0.0386 e. The first-order valence-corrected chi connectivity index (χ1v) is 7.31. The number of aryl methyl sites for hydroxylation is 3. The highest BCUT2D eigenvalue weighted by atomic mass is 32.1. The second kappa shape index (κ2) is 5.25. The van der Waals surface area contributed by atoms with Crippen molar-refractivity contribution in [3.05, 3.63) is 57.3 Å². The molecule has 0 spiro atoms. The van der Waals surface area contributed by atoms with Gasteiger partial charge in [-0.25, -0.2) is 0 Å². The monoisotopic (exact) mass is 259 g/mol. The van der Waals surface area contributed by atoms with Crippen LogP contribution in [0.2, 0.25) is 0 Å². The average Bonchev–Trinajstić information content (AvgIpc) is 2.83. The highest BCUT2D eigenvalue weighted by molar-refractivity contribution is 7.07. The summed E-state index contributed by atoms with van der Waals surface area (Å²) in [4.78, 5) is 0. The Bertz CT molecular complexity index is 512. The summed E-state index contributed by atoms with van der Waals surface area (Å²) in [6.45, 7) is 6.41. The lowest BCUT2D eigenvalue weighted by atomic mass is 9.84. The van der Waals surface area contributed by atoms with Gasteiger partial charge in [-0.2, -0.15) is 11.3 Å². The molecule has 0 radical (unpaired) electrons. The number of benzene rings is 1. The van der Waals surface area contributed by atoms with Crippen LogP contribution in [0.4, 0.5) is 0 Å². The molecule has 0 aliphatic heterocycles. The summed E-state index contributed by atoms with van der Waals surface area (Å²) < 4.78 is 0. The molecule has 0 amide bonds. The van der Waals surface area contributed by atoms with Crippen molar-refractivity contribution in [2.45, 2.75) is 39.2 Å². The van der Waals surface area contributed by atoms with Gasteiger partial charge < -0.3 is 5.73 Å². The average molecular weight is 259 g/mol. The maximum atomic E-state index is 6.53. The third kappa shape index (κ3) is 3.01. The van der Waals surface area contributed by atoms with Crippen LogP contribution >= 0.6 is 11.3 Å². The minimum Gasteiger partial charge on any atom is -0.322 e. The number of hydrogen-bond acceptors (Lipinski definition) is 2. The Balaban J connectivity index is 2.16. The second-order valence-electron chi connectivity index (χ2n) is 5.37. The van der Waals surface area contributed by atoms with Gasteiger partial charge in [-0.15, -0.1) is 0 Å². The van der Waals surface area contributed by atoms with Crippen LogP contribution in [0.5, 0.6) is 0 Å². The SMILES string of the molecule is Cc1ccc(C)c(C(C)(N)CCc2ccsc2)c1. The third-order valence-electron chi connectivity index (χ3n) is 3.52. The summed E-state index contributed by atoms with van der Waals surface area (Å²) in [5, 5.41) is 4.33. The molecule has 1 heterocycles. The zero-order valence-corrected chi connectivity index (χ0v) is 12.2. The van der Waals surface area contributed by atoms with Gasteiger partial charge in [0.05, 0.1) is 0 Å². The molecule has 18 heavy (non-hydrogen) atoms. The van der Waals surface area contributed by atoms with Crippen LogP contribution in [0, 0.1) is 13.8 Å². The topological polar surface area (TPSA) is 26.0 Å². The largest absolute Gasteiger partial charge is 0.322 e. The predicted octanol–water partition coefficient (Wildman–Crippen LogP) is 4.17. The molecule has 1 unspecified atom stereocenters. The van der Waals surface area contributed by atoms with Gasteiger partial charge in [-0.05, 0) is 67.1 Å². The number of hydrogen-bond donors (Lipinski definition) is 1. The fraction of sp³-hybridized carbons (Fsp3) is 0.375. The van der Waals surface area contributed by atoms with Crippen LogP contribution in [0.15, 0.2) is 35.0 Å². The molecule has 0 saturated carbocycles. The normalized spacial score (nSPS) is 14.4. The molecule has 96 valence electrons. The number of rotatable bonds is 4. The molecule has 0 aliphatic rings. The van der Waals surface area contributed by atoms with E-state index in [1.165, 1.54) is 22.3 Å². The Kier molecular flexibility index (Phi) is 3.88. The van der Waals surface area contributed by atoms with E-state index in [4.69, 9.17) is 5.73 Å². The molecule has 2 N–H and O–H groups in total. The summed E-state index contributed by atoms with van der Waals surface area (Å²) in [6, 6.07) is 8.72. The van der Waals surface area contributed by atoms with E-state index >= 15 is 0 Å². The molecule has 2 aromatic rings. The van der Waals surface area contributed by atoms with Gasteiger partial charge in [0.15, 0.2) is 0 Å². The molecule has 1 aromatic carbocycles. The van der Waals surface area contributed by atoms with E-state index in [1.807, 2.05) is 0 Å². The standard InChI is InChI=1S/C16H21NS/c1-12-4-5-13(2)15(10-12)16(3,17)8-6-14-7-9-18-11-14/h4-5,7,9-11H,6,8,17H2,1-3H3. The van der Waals surface area contributed by atoms with Gasteiger partial charge >= 0.3 is 0 Å². The Morgan fingerprint density at radius 2 is 2.00 bits per heavy atom. The summed E-state index contributed by atoms with van der Waals surface area (Å²) in [5.41, 5.74) is 11.5. The van der Waals surface area contributed by atoms with Crippen molar-refractivity contribution in [2.75, 3.05) is 0 Å². The Labute approximate surface area is 114 Å². The van der Waals surface area contributed by atoms with Gasteiger partial charge in [0.1, 0.15) is 0 Å². The highest BCUT2D eigenvalue weighted by Crippen LogP contribution is 2.27. The van der Waals surface area contributed by atoms with Crippen molar-refractivity contribution in [3.63, 3.8) is 0 Å². The van der Waals surface area contributed by atoms with E-state index < -0.39 is 0 Å². The van der Waals surface area contributed by atoms with Crippen LogP contribution in [0.3, 0.4) is 0 Å². The molecule has 0 aliphatic carbocycles. The van der Waals surface area contributed by atoms with Crippen molar-refractivity contribution >= 4 is 11.3 Å². The molecule has 0 bridgehead atoms. The summed E-state index contributed by atoms with van der Waals surface area (Å²) in [5.74, 6) is 0. The molecular weight excluding hydrogens is 238 g/mol. The van der Waals surface area contributed by atoms with Crippen molar-refractivity contribution in [2.24, 2.45) is 5.73 Å². The van der Waals surface area contributed by atoms with Crippen LogP contribution in [-0.2, 0) is 12.0 Å². The Morgan fingerprint density at radius 1 is 1.22 bits per heavy atom. The lowest BCUT2D eigenvalue weighted by molar-refractivity contribution is 0.450. The minimum absolute atomic E-state index is 0.252. The van der Waals surface area contributed by atoms with Gasteiger partial charge in [0.25, 0.3) is 0 Å². The van der Waals surface area contributed by atoms with Crippen LogP contribution in [-0.4, -0.2) is 0 Å². The van der Waals surface area contributed by atoms with Crippen LogP contribution in [0.25, 0.3) is 0 Å². The van der Waals surface area contributed by atoms with Crippen molar-refractivity contribution < 1.29 is 0 Å². The maximum Gasteiger partial charge on any atom is 0.0386 e. The fourth-order valence-electron chi connectivity index (χ4n) is 2.32. The predicted molar refractivity (Wildman–Crippen MR) is 80.1 cm³/mol. The van der Waals surface area contributed by atoms with E-state index in [1.54, 1.807) is 11.3 Å². The molecule has 2 rings (SSSR count). The van der Waals surface area contributed by atoms with Crippen molar-refractivity contribution in [1.29, 1.82) is 0 Å². The molecule has 2 heteroatoms. The minimum atomic E-state index is -0.252. The first kappa shape index (κ1) is 13.3. The van der Waals surface area contributed by atoms with E-state index in [0.29, 0.717) is 0 Å². The summed E-state index contributed by atoms with van der Waals surface area (Å²) in [7, 11) is 0. The van der Waals surface area contributed by atoms with Gasteiger partial charge in [0.2, 0.25) is 0 Å². The fourth-order valence-corrected chi connectivity index (χ4v) is 3.03. The van der Waals surface area contributed by atoms with Crippen LogP contribution in [0.1, 0.15) is 35.6 Å². The van der Waals surface area contributed by atoms with Crippen molar-refractivity contribution in [3.8, 4) is 0 Å². The Hall–Kier alpha value is -1.12. The van der Waals surface area contributed by atoms with E-state index in [9.17, 15) is 0 Å². The third-order valence-corrected chi connectivity index (χ3v) is 4.25. The van der Waals surface area contributed by atoms with Gasteiger partial charge in [-0.1, -0.05) is 23.8 Å². The van der Waals surface area contributed by atoms with Crippen molar-refractivity contribution in [1.82, 2.24) is 0 Å². The first-order chi connectivity index (χ1) is 8.49. The lowest BCUT2D eigenvalue weighted by Gasteiger charge is -2.27. The summed E-state index contributed by atoms with van der Waals surface area (Å²) >= 11 is 1.75. The highest BCUT2D eigenvalue weighted by Gasteiger charge is 2.22. The molecule has 0 fully saturated rings.